The molecule has 1 atom stereocenters. The maximum Gasteiger partial charge on any atom is 0.162 e. The van der Waals surface area contributed by atoms with E-state index in [0.29, 0.717) is 6.42 Å². The zero-order chi connectivity index (χ0) is 14.5. The number of ether oxygens (including phenoxy) is 1. The van der Waals surface area contributed by atoms with Crippen LogP contribution in [-0.2, 0) is 9.53 Å². The van der Waals surface area contributed by atoms with Crippen LogP contribution in [0.25, 0.3) is 0 Å². The fourth-order valence-electron chi connectivity index (χ4n) is 2.24. The summed E-state index contributed by atoms with van der Waals surface area (Å²) in [6.45, 7) is 0. The number of rotatable bonds is 1. The van der Waals surface area contributed by atoms with E-state index in [1.165, 1.54) is 12.3 Å². The van der Waals surface area contributed by atoms with Crippen LogP contribution in [0.15, 0.2) is 66.9 Å². The van der Waals surface area contributed by atoms with Crippen LogP contribution in [0.1, 0.15) is 29.2 Å². The first-order chi connectivity index (χ1) is 10.3. The van der Waals surface area contributed by atoms with Crippen LogP contribution in [-0.4, -0.2) is 5.78 Å². The molecule has 1 aliphatic rings. The standard InChI is InChI=1S/C19H14O2/c20-17-12-13-21-19(14-17)18-9-5-4-8-16(18)11-10-15-6-2-1-3-7-15/h1-9,12-13,19H,14H2. The van der Waals surface area contributed by atoms with Crippen LogP contribution < -0.4 is 0 Å². The maximum absolute atomic E-state index is 11.5. The van der Waals surface area contributed by atoms with E-state index in [4.69, 9.17) is 4.74 Å². The van der Waals surface area contributed by atoms with Crippen LogP contribution in [0.4, 0.5) is 0 Å². The van der Waals surface area contributed by atoms with Crippen LogP contribution in [0.2, 0.25) is 0 Å². The Balaban J connectivity index is 1.92. The van der Waals surface area contributed by atoms with Gasteiger partial charge in [-0.2, -0.15) is 0 Å². The summed E-state index contributed by atoms with van der Waals surface area (Å²) < 4.78 is 5.56. The fraction of sp³-hybridized carbons (Fsp3) is 0.105. The summed E-state index contributed by atoms with van der Waals surface area (Å²) in [6, 6.07) is 17.6. The average Bonchev–Trinajstić information content (AvgIpc) is 2.54. The van der Waals surface area contributed by atoms with E-state index >= 15 is 0 Å². The molecule has 1 aliphatic heterocycles. The number of carbonyl (C=O) groups is 1. The predicted octanol–water partition coefficient (Wildman–Crippen LogP) is 3.63. The summed E-state index contributed by atoms with van der Waals surface area (Å²) in [7, 11) is 0. The van der Waals surface area contributed by atoms with Gasteiger partial charge in [0.25, 0.3) is 0 Å². The minimum atomic E-state index is -0.247. The van der Waals surface area contributed by atoms with Crippen molar-refractivity contribution in [3.05, 3.63) is 83.6 Å². The second-order valence-electron chi connectivity index (χ2n) is 4.80. The Morgan fingerprint density at radius 2 is 1.71 bits per heavy atom. The number of ketones is 1. The number of allylic oxidation sites excluding steroid dienone is 1. The van der Waals surface area contributed by atoms with E-state index in [1.807, 2.05) is 54.6 Å². The smallest absolute Gasteiger partial charge is 0.162 e. The Morgan fingerprint density at radius 3 is 2.52 bits per heavy atom. The van der Waals surface area contributed by atoms with Crippen LogP contribution in [0.5, 0.6) is 0 Å². The zero-order valence-corrected chi connectivity index (χ0v) is 11.5. The number of hydrogen-bond acceptors (Lipinski definition) is 2. The number of carbonyl (C=O) groups excluding carboxylic acids is 1. The lowest BCUT2D eigenvalue weighted by atomic mass is 9.97. The topological polar surface area (TPSA) is 26.3 Å². The summed E-state index contributed by atoms with van der Waals surface area (Å²) in [5.41, 5.74) is 2.82. The molecule has 0 fully saturated rings. The lowest BCUT2D eigenvalue weighted by Gasteiger charge is -2.20. The summed E-state index contributed by atoms with van der Waals surface area (Å²) in [5.74, 6) is 6.40. The highest BCUT2D eigenvalue weighted by Crippen LogP contribution is 2.27. The Morgan fingerprint density at radius 1 is 0.952 bits per heavy atom. The third-order valence-corrected chi connectivity index (χ3v) is 3.31. The van der Waals surface area contributed by atoms with Gasteiger partial charge in [-0.05, 0) is 18.2 Å². The molecule has 0 saturated heterocycles. The van der Waals surface area contributed by atoms with E-state index in [-0.39, 0.29) is 11.9 Å². The van der Waals surface area contributed by atoms with Gasteiger partial charge in [0.05, 0.1) is 12.7 Å². The zero-order valence-electron chi connectivity index (χ0n) is 11.5. The van der Waals surface area contributed by atoms with Gasteiger partial charge >= 0.3 is 0 Å². The fourth-order valence-corrected chi connectivity index (χ4v) is 2.24. The van der Waals surface area contributed by atoms with Gasteiger partial charge in [0.1, 0.15) is 6.10 Å². The summed E-state index contributed by atoms with van der Waals surface area (Å²) in [5, 5.41) is 0. The highest BCUT2D eigenvalue weighted by molar-refractivity contribution is 5.90. The predicted molar refractivity (Wildman–Crippen MR) is 81.5 cm³/mol. The summed E-state index contributed by atoms with van der Waals surface area (Å²) in [4.78, 5) is 11.5. The second-order valence-corrected chi connectivity index (χ2v) is 4.80. The van der Waals surface area contributed by atoms with Gasteiger partial charge in [0, 0.05) is 22.8 Å². The molecule has 3 rings (SSSR count). The largest absolute Gasteiger partial charge is 0.493 e. The molecule has 2 nitrogen and oxygen atoms in total. The number of hydrogen-bond donors (Lipinski definition) is 0. The monoisotopic (exact) mass is 274 g/mol. The molecule has 0 aliphatic carbocycles. The summed E-state index contributed by atoms with van der Waals surface area (Å²) in [6.07, 6.45) is 3.05. The minimum Gasteiger partial charge on any atom is -0.493 e. The molecule has 0 saturated carbocycles. The molecule has 21 heavy (non-hydrogen) atoms. The minimum absolute atomic E-state index is 0.0806. The van der Waals surface area contributed by atoms with Crippen molar-refractivity contribution in [2.45, 2.75) is 12.5 Å². The molecule has 2 heteroatoms. The Kier molecular flexibility index (Phi) is 3.84. The van der Waals surface area contributed by atoms with Crippen LogP contribution >= 0.6 is 0 Å². The van der Waals surface area contributed by atoms with E-state index in [9.17, 15) is 4.79 Å². The van der Waals surface area contributed by atoms with Crippen molar-refractivity contribution in [2.75, 3.05) is 0 Å². The third-order valence-electron chi connectivity index (χ3n) is 3.31. The molecule has 0 spiro atoms. The lowest BCUT2D eigenvalue weighted by molar-refractivity contribution is -0.118. The lowest BCUT2D eigenvalue weighted by Crippen LogP contribution is -2.12. The molecule has 1 unspecified atom stereocenters. The molecular weight excluding hydrogens is 260 g/mol. The van der Waals surface area contributed by atoms with Gasteiger partial charge in [-0.3, -0.25) is 4.79 Å². The molecule has 1 heterocycles. The van der Waals surface area contributed by atoms with Gasteiger partial charge in [-0.15, -0.1) is 0 Å². The molecular formula is C19H14O2. The molecule has 2 aromatic rings. The maximum atomic E-state index is 11.5. The Hall–Kier alpha value is -2.79. The first-order valence-electron chi connectivity index (χ1n) is 6.84. The number of benzene rings is 2. The molecule has 0 bridgehead atoms. The molecule has 0 N–H and O–H groups in total. The first kappa shape index (κ1) is 13.2. The second kappa shape index (κ2) is 6.11. The molecule has 102 valence electrons. The Bertz CT molecular complexity index is 733. The van der Waals surface area contributed by atoms with Crippen molar-refractivity contribution in [3.8, 4) is 11.8 Å². The molecule has 0 radical (unpaired) electrons. The molecule has 2 aromatic carbocycles. The third kappa shape index (κ3) is 3.21. The van der Waals surface area contributed by atoms with Crippen LogP contribution in [0.3, 0.4) is 0 Å². The van der Waals surface area contributed by atoms with Crippen molar-refractivity contribution < 1.29 is 9.53 Å². The van der Waals surface area contributed by atoms with Gasteiger partial charge < -0.3 is 4.74 Å². The average molecular weight is 274 g/mol. The highest BCUT2D eigenvalue weighted by atomic mass is 16.5. The van der Waals surface area contributed by atoms with Crippen molar-refractivity contribution in [1.29, 1.82) is 0 Å². The van der Waals surface area contributed by atoms with Gasteiger partial charge in [-0.1, -0.05) is 48.2 Å². The van der Waals surface area contributed by atoms with Crippen molar-refractivity contribution in [3.63, 3.8) is 0 Å². The van der Waals surface area contributed by atoms with E-state index in [1.54, 1.807) is 0 Å². The quantitative estimate of drug-likeness (QED) is 0.742. The van der Waals surface area contributed by atoms with Crippen molar-refractivity contribution in [2.24, 2.45) is 0 Å². The van der Waals surface area contributed by atoms with Crippen molar-refractivity contribution in [1.82, 2.24) is 0 Å². The normalized spacial score (nSPS) is 16.8. The van der Waals surface area contributed by atoms with E-state index in [2.05, 4.69) is 11.8 Å². The van der Waals surface area contributed by atoms with E-state index in [0.717, 1.165) is 16.7 Å². The van der Waals surface area contributed by atoms with E-state index < -0.39 is 0 Å². The SMILES string of the molecule is O=C1C=COC(c2ccccc2C#Cc2ccccc2)C1. The molecule has 0 aromatic heterocycles. The molecule has 0 amide bonds. The summed E-state index contributed by atoms with van der Waals surface area (Å²) >= 11 is 0. The van der Waals surface area contributed by atoms with Gasteiger partial charge in [-0.25, -0.2) is 0 Å². The van der Waals surface area contributed by atoms with Crippen molar-refractivity contribution >= 4 is 5.78 Å². The first-order valence-corrected chi connectivity index (χ1v) is 6.84. The van der Waals surface area contributed by atoms with Crippen LogP contribution in [0, 0.1) is 11.8 Å². The van der Waals surface area contributed by atoms with Gasteiger partial charge in [0.2, 0.25) is 0 Å². The van der Waals surface area contributed by atoms with Gasteiger partial charge in [0.15, 0.2) is 5.78 Å². The Labute approximate surface area is 124 Å². The highest BCUT2D eigenvalue weighted by Gasteiger charge is 2.20.